The highest BCUT2D eigenvalue weighted by molar-refractivity contribution is 7.89. The third-order valence-electron chi connectivity index (χ3n) is 4.77. The van der Waals surface area contributed by atoms with Crippen LogP contribution in [0.25, 0.3) is 0 Å². The SMILES string of the molecule is Cc1noc(C)c1S(=O)(=O)N1CCc2ccccc2C1c1cccnc1. The van der Waals surface area contributed by atoms with E-state index in [9.17, 15) is 8.42 Å². The quantitative estimate of drug-likeness (QED) is 0.709. The number of hydrogen-bond donors (Lipinski definition) is 0. The van der Waals surface area contributed by atoms with Gasteiger partial charge in [-0.1, -0.05) is 35.5 Å². The third kappa shape index (κ3) is 2.64. The second-order valence-corrected chi connectivity index (χ2v) is 8.23. The van der Waals surface area contributed by atoms with E-state index in [0.717, 1.165) is 16.7 Å². The van der Waals surface area contributed by atoms with Crippen molar-refractivity contribution in [3.05, 3.63) is 76.9 Å². The van der Waals surface area contributed by atoms with Crippen LogP contribution in [0, 0.1) is 13.8 Å². The summed E-state index contributed by atoms with van der Waals surface area (Å²) in [6, 6.07) is 11.3. The summed E-state index contributed by atoms with van der Waals surface area (Å²) >= 11 is 0. The maximum atomic E-state index is 13.5. The Balaban J connectivity index is 1.91. The number of fused-ring (bicyclic) bond motifs is 1. The van der Waals surface area contributed by atoms with Crippen LogP contribution in [0.5, 0.6) is 0 Å². The molecule has 0 saturated carbocycles. The van der Waals surface area contributed by atoms with E-state index >= 15 is 0 Å². The fourth-order valence-corrected chi connectivity index (χ4v) is 5.54. The molecule has 3 aromatic rings. The number of sulfonamides is 1. The van der Waals surface area contributed by atoms with Gasteiger partial charge in [-0.05, 0) is 43.0 Å². The summed E-state index contributed by atoms with van der Waals surface area (Å²) in [5.41, 5.74) is 3.37. The van der Waals surface area contributed by atoms with Crippen LogP contribution in [-0.4, -0.2) is 29.4 Å². The third-order valence-corrected chi connectivity index (χ3v) is 6.88. The maximum Gasteiger partial charge on any atom is 0.249 e. The number of rotatable bonds is 3. The van der Waals surface area contributed by atoms with Crippen molar-refractivity contribution in [2.24, 2.45) is 0 Å². The smallest absolute Gasteiger partial charge is 0.249 e. The molecule has 0 radical (unpaired) electrons. The van der Waals surface area contributed by atoms with Gasteiger partial charge in [0, 0.05) is 18.9 Å². The topological polar surface area (TPSA) is 76.3 Å². The standard InChI is InChI=1S/C19H19N3O3S/c1-13-19(14(2)25-21-13)26(23,24)22-11-9-15-6-3-4-8-17(15)18(22)16-7-5-10-20-12-16/h3-8,10,12,18H,9,11H2,1-2H3. The molecule has 6 nitrogen and oxygen atoms in total. The predicted molar refractivity (Wildman–Crippen MR) is 96.1 cm³/mol. The van der Waals surface area contributed by atoms with Gasteiger partial charge in [-0.3, -0.25) is 4.98 Å². The molecule has 0 N–H and O–H groups in total. The van der Waals surface area contributed by atoms with Gasteiger partial charge in [0.25, 0.3) is 0 Å². The van der Waals surface area contributed by atoms with Gasteiger partial charge in [-0.2, -0.15) is 4.31 Å². The van der Waals surface area contributed by atoms with Crippen LogP contribution in [-0.2, 0) is 16.4 Å². The normalized spacial score (nSPS) is 17.8. The van der Waals surface area contributed by atoms with E-state index in [-0.39, 0.29) is 4.90 Å². The van der Waals surface area contributed by atoms with E-state index < -0.39 is 16.1 Å². The largest absolute Gasteiger partial charge is 0.360 e. The minimum Gasteiger partial charge on any atom is -0.360 e. The first-order valence-corrected chi connectivity index (χ1v) is 9.86. The van der Waals surface area contributed by atoms with Crippen LogP contribution in [0.4, 0.5) is 0 Å². The van der Waals surface area contributed by atoms with Gasteiger partial charge in [0.2, 0.25) is 10.0 Å². The molecule has 0 fully saturated rings. The van der Waals surface area contributed by atoms with Gasteiger partial charge in [0.1, 0.15) is 10.6 Å². The molecule has 1 unspecified atom stereocenters. The molecule has 0 amide bonds. The number of aromatic nitrogens is 2. The van der Waals surface area contributed by atoms with Crippen molar-refractivity contribution < 1.29 is 12.9 Å². The zero-order valence-electron chi connectivity index (χ0n) is 14.6. The van der Waals surface area contributed by atoms with Crippen molar-refractivity contribution >= 4 is 10.0 Å². The lowest BCUT2D eigenvalue weighted by Crippen LogP contribution is -2.40. The molecule has 0 aliphatic carbocycles. The number of nitrogens with zero attached hydrogens (tertiary/aromatic N) is 3. The minimum absolute atomic E-state index is 0.158. The first-order valence-electron chi connectivity index (χ1n) is 8.42. The lowest BCUT2D eigenvalue weighted by molar-refractivity contribution is 0.342. The molecule has 7 heteroatoms. The van der Waals surface area contributed by atoms with Crippen LogP contribution >= 0.6 is 0 Å². The summed E-state index contributed by atoms with van der Waals surface area (Å²) in [5, 5.41) is 3.83. The summed E-state index contributed by atoms with van der Waals surface area (Å²) in [6.07, 6.45) is 4.07. The Morgan fingerprint density at radius 1 is 1.15 bits per heavy atom. The highest BCUT2D eigenvalue weighted by atomic mass is 32.2. The van der Waals surface area contributed by atoms with E-state index in [4.69, 9.17) is 4.52 Å². The molecular formula is C19H19N3O3S. The van der Waals surface area contributed by atoms with E-state index in [0.29, 0.717) is 24.4 Å². The van der Waals surface area contributed by atoms with Crippen LogP contribution in [0.1, 0.15) is 34.2 Å². The Labute approximate surface area is 152 Å². The highest BCUT2D eigenvalue weighted by Crippen LogP contribution is 2.39. The number of hydrogen-bond acceptors (Lipinski definition) is 5. The van der Waals surface area contributed by atoms with Gasteiger partial charge in [-0.25, -0.2) is 8.42 Å². The molecule has 1 atom stereocenters. The molecule has 0 spiro atoms. The van der Waals surface area contributed by atoms with E-state index in [1.165, 1.54) is 0 Å². The van der Waals surface area contributed by atoms with Gasteiger partial charge >= 0.3 is 0 Å². The first kappa shape index (κ1) is 16.9. The van der Waals surface area contributed by atoms with Crippen molar-refractivity contribution in [3.8, 4) is 0 Å². The maximum absolute atomic E-state index is 13.5. The van der Waals surface area contributed by atoms with Crippen LogP contribution in [0.3, 0.4) is 0 Å². The second-order valence-electron chi connectivity index (χ2n) is 6.41. The Morgan fingerprint density at radius 3 is 2.65 bits per heavy atom. The van der Waals surface area contributed by atoms with E-state index in [2.05, 4.69) is 16.2 Å². The van der Waals surface area contributed by atoms with E-state index in [1.807, 2.05) is 30.3 Å². The molecule has 1 aliphatic rings. The molecule has 4 rings (SSSR count). The Morgan fingerprint density at radius 2 is 1.96 bits per heavy atom. The average molecular weight is 369 g/mol. The van der Waals surface area contributed by atoms with Crippen molar-refractivity contribution in [3.63, 3.8) is 0 Å². The van der Waals surface area contributed by atoms with Gasteiger partial charge in [0.15, 0.2) is 5.76 Å². The molecule has 134 valence electrons. The van der Waals surface area contributed by atoms with Crippen molar-refractivity contribution in [1.82, 2.24) is 14.4 Å². The molecule has 1 aliphatic heterocycles. The summed E-state index contributed by atoms with van der Waals surface area (Å²) in [5.74, 6) is 0.311. The fourth-order valence-electron chi connectivity index (χ4n) is 3.65. The zero-order chi connectivity index (χ0) is 18.3. The Kier molecular flexibility index (Phi) is 4.13. The molecule has 2 aromatic heterocycles. The van der Waals surface area contributed by atoms with Crippen LogP contribution in [0.2, 0.25) is 0 Å². The molecular weight excluding hydrogens is 350 g/mol. The molecule has 26 heavy (non-hydrogen) atoms. The number of aryl methyl sites for hydroxylation is 2. The van der Waals surface area contributed by atoms with Gasteiger partial charge < -0.3 is 4.52 Å². The van der Waals surface area contributed by atoms with Crippen LogP contribution < -0.4 is 0 Å². The van der Waals surface area contributed by atoms with E-state index in [1.54, 1.807) is 30.5 Å². The van der Waals surface area contributed by atoms with Crippen molar-refractivity contribution in [1.29, 1.82) is 0 Å². The minimum atomic E-state index is -3.77. The number of benzene rings is 1. The lowest BCUT2D eigenvalue weighted by atomic mass is 9.91. The predicted octanol–water partition coefficient (Wildman–Crippen LogP) is 3.02. The summed E-state index contributed by atoms with van der Waals surface area (Å²) in [7, 11) is -3.77. The summed E-state index contributed by atoms with van der Waals surface area (Å²) < 4.78 is 33.6. The van der Waals surface area contributed by atoms with Crippen molar-refractivity contribution in [2.75, 3.05) is 6.54 Å². The first-order chi connectivity index (χ1) is 12.5. The molecule has 3 heterocycles. The summed E-state index contributed by atoms with van der Waals surface area (Å²) in [4.78, 5) is 4.35. The molecule has 1 aromatic carbocycles. The second kappa shape index (κ2) is 6.34. The molecule has 0 saturated heterocycles. The van der Waals surface area contributed by atoms with Gasteiger partial charge in [0.05, 0.1) is 6.04 Å². The highest BCUT2D eigenvalue weighted by Gasteiger charge is 2.40. The average Bonchev–Trinajstić information content (AvgIpc) is 3.00. The number of pyridine rings is 1. The van der Waals surface area contributed by atoms with Gasteiger partial charge in [-0.15, -0.1) is 0 Å². The monoisotopic (exact) mass is 369 g/mol. The molecule has 0 bridgehead atoms. The Bertz CT molecular complexity index is 1030. The van der Waals surface area contributed by atoms with Crippen molar-refractivity contribution in [2.45, 2.75) is 31.2 Å². The van der Waals surface area contributed by atoms with Crippen LogP contribution in [0.15, 0.2) is 58.2 Å². The lowest BCUT2D eigenvalue weighted by Gasteiger charge is -2.36. The zero-order valence-corrected chi connectivity index (χ0v) is 15.4. The summed E-state index contributed by atoms with van der Waals surface area (Å²) in [6.45, 7) is 3.67. The Hall–Kier alpha value is -2.51. The fraction of sp³-hybridized carbons (Fsp3) is 0.263.